The van der Waals surface area contributed by atoms with Crippen molar-refractivity contribution in [3.63, 3.8) is 0 Å². The van der Waals surface area contributed by atoms with Gasteiger partial charge in [0.2, 0.25) is 0 Å². The summed E-state index contributed by atoms with van der Waals surface area (Å²) in [5.74, 6) is -4.84. The summed E-state index contributed by atoms with van der Waals surface area (Å²) >= 11 is 0. The van der Waals surface area contributed by atoms with E-state index < -0.39 is 30.2 Å². The van der Waals surface area contributed by atoms with E-state index in [0.29, 0.717) is 40.9 Å². The first-order valence-electron chi connectivity index (χ1n) is 13.6. The molecule has 0 atom stereocenters. The van der Waals surface area contributed by atoms with E-state index in [2.05, 4.69) is 28.6 Å². The maximum Gasteiger partial charge on any atom is 0.490 e. The van der Waals surface area contributed by atoms with Gasteiger partial charge in [0.25, 0.3) is 5.91 Å². The molecule has 3 aromatic rings. The second-order valence-corrected chi connectivity index (χ2v) is 9.60. The van der Waals surface area contributed by atoms with Crippen molar-refractivity contribution >= 4 is 40.1 Å². The zero-order chi connectivity index (χ0) is 34.7. The molecular weight excluding hydrogens is 630 g/mol. The molecule has 0 unspecified atom stereocenters. The maximum atomic E-state index is 12.2. The molecule has 0 radical (unpaired) electrons. The molecule has 1 aliphatic carbocycles. The number of nitrogens with zero attached hydrogens (tertiary/aromatic N) is 1. The number of nitrogens with two attached hydrogens (primary N) is 1. The Morgan fingerprint density at radius 2 is 1.59 bits per heavy atom. The SMILES string of the molecule is CCc1ccccc1Nc1c(C(N)=O)cnc2cc(OC)c(OCCCNC3CC3)cc12.O=C(O)C(F)(F)F.O=C(O)C(F)(F)F. The van der Waals surface area contributed by atoms with Gasteiger partial charge >= 0.3 is 24.3 Å². The molecule has 6 N–H and O–H groups in total. The number of halogens is 6. The number of rotatable bonds is 11. The Bertz CT molecular complexity index is 1490. The van der Waals surface area contributed by atoms with Crippen molar-refractivity contribution in [2.24, 2.45) is 5.73 Å². The second-order valence-electron chi connectivity index (χ2n) is 9.60. The molecule has 0 spiro atoms. The van der Waals surface area contributed by atoms with Crippen LogP contribution in [-0.2, 0) is 16.0 Å². The van der Waals surface area contributed by atoms with Crippen LogP contribution < -0.4 is 25.8 Å². The minimum Gasteiger partial charge on any atom is -0.493 e. The van der Waals surface area contributed by atoms with Crippen molar-refractivity contribution in [3.8, 4) is 11.5 Å². The molecular formula is C29H32F6N4O7. The van der Waals surface area contributed by atoms with Gasteiger partial charge in [0.05, 0.1) is 30.5 Å². The summed E-state index contributed by atoms with van der Waals surface area (Å²) in [7, 11) is 1.61. The van der Waals surface area contributed by atoms with Crippen molar-refractivity contribution in [1.29, 1.82) is 0 Å². The van der Waals surface area contributed by atoms with Crippen LogP contribution in [0.3, 0.4) is 0 Å². The van der Waals surface area contributed by atoms with E-state index in [-0.39, 0.29) is 0 Å². The molecule has 0 bridgehead atoms. The first kappa shape index (κ1) is 37.4. The Kier molecular flexibility index (Phi) is 13.4. The number of fused-ring (bicyclic) bond motifs is 1. The molecule has 0 saturated heterocycles. The number of ether oxygens (including phenoxy) is 2. The van der Waals surface area contributed by atoms with Crippen LogP contribution in [0.5, 0.6) is 11.5 Å². The molecule has 4 rings (SSSR count). The molecule has 1 fully saturated rings. The monoisotopic (exact) mass is 662 g/mol. The summed E-state index contributed by atoms with van der Waals surface area (Å²) in [5.41, 5.74) is 9.38. The zero-order valence-electron chi connectivity index (χ0n) is 24.6. The highest BCUT2D eigenvalue weighted by Gasteiger charge is 2.38. The summed E-state index contributed by atoms with van der Waals surface area (Å²) < 4.78 is 75.1. The lowest BCUT2D eigenvalue weighted by atomic mass is 10.1. The van der Waals surface area contributed by atoms with Crippen molar-refractivity contribution in [2.75, 3.05) is 25.6 Å². The van der Waals surface area contributed by atoms with E-state index in [1.807, 2.05) is 30.3 Å². The van der Waals surface area contributed by atoms with E-state index in [1.54, 1.807) is 7.11 Å². The van der Waals surface area contributed by atoms with E-state index in [9.17, 15) is 31.1 Å². The third-order valence-electron chi connectivity index (χ3n) is 6.15. The Balaban J connectivity index is 0.000000440. The van der Waals surface area contributed by atoms with Crippen LogP contribution in [0.4, 0.5) is 37.7 Å². The van der Waals surface area contributed by atoms with Gasteiger partial charge in [-0.05, 0) is 49.9 Å². The number of hydrogen-bond acceptors (Lipinski definition) is 8. The van der Waals surface area contributed by atoms with E-state index >= 15 is 0 Å². The predicted molar refractivity (Wildman–Crippen MR) is 154 cm³/mol. The van der Waals surface area contributed by atoms with Crippen LogP contribution in [0.25, 0.3) is 10.9 Å². The number of benzene rings is 2. The van der Waals surface area contributed by atoms with E-state index in [4.69, 9.17) is 35.0 Å². The summed E-state index contributed by atoms with van der Waals surface area (Å²) in [6.07, 6.45) is -4.37. The fraction of sp³-hybridized carbons (Fsp3) is 0.379. The third-order valence-corrected chi connectivity index (χ3v) is 6.15. The van der Waals surface area contributed by atoms with Crippen molar-refractivity contribution < 1.29 is 60.4 Å². The van der Waals surface area contributed by atoms with Crippen LogP contribution in [0.2, 0.25) is 0 Å². The lowest BCUT2D eigenvalue weighted by Crippen LogP contribution is -2.21. The largest absolute Gasteiger partial charge is 0.493 e. The topological polar surface area (TPSA) is 173 Å². The van der Waals surface area contributed by atoms with E-state index in [1.165, 1.54) is 19.0 Å². The van der Waals surface area contributed by atoms with Crippen molar-refractivity contribution in [1.82, 2.24) is 10.3 Å². The molecule has 46 heavy (non-hydrogen) atoms. The smallest absolute Gasteiger partial charge is 0.490 e. The van der Waals surface area contributed by atoms with Crippen LogP contribution in [0.1, 0.15) is 42.1 Å². The first-order chi connectivity index (χ1) is 21.5. The van der Waals surface area contributed by atoms with E-state index in [0.717, 1.165) is 36.0 Å². The number of aromatic nitrogens is 1. The average Bonchev–Trinajstić information content (AvgIpc) is 3.81. The summed E-state index contributed by atoms with van der Waals surface area (Å²) in [6.45, 7) is 3.58. The number of hydrogen-bond donors (Lipinski definition) is 5. The predicted octanol–water partition coefficient (Wildman–Crippen LogP) is 5.44. The lowest BCUT2D eigenvalue weighted by molar-refractivity contribution is -0.193. The average molecular weight is 663 g/mol. The Hall–Kier alpha value is -4.80. The highest BCUT2D eigenvalue weighted by molar-refractivity contribution is 6.08. The minimum atomic E-state index is -5.08. The van der Waals surface area contributed by atoms with Gasteiger partial charge in [-0.3, -0.25) is 9.78 Å². The van der Waals surface area contributed by atoms with Gasteiger partial charge in [0.1, 0.15) is 0 Å². The molecule has 2 aromatic carbocycles. The van der Waals surface area contributed by atoms with Gasteiger partial charge < -0.3 is 36.1 Å². The summed E-state index contributed by atoms with van der Waals surface area (Å²) in [6, 6.07) is 12.4. The number of aryl methyl sites for hydroxylation is 1. The number of aliphatic carboxylic acids is 2. The number of carbonyl (C=O) groups is 3. The fourth-order valence-electron chi connectivity index (χ4n) is 3.73. The van der Waals surface area contributed by atoms with Gasteiger partial charge in [0.15, 0.2) is 11.5 Å². The standard InChI is InChI=1S/C25H30N4O3.2C2HF3O2/c1-3-16-7-4-5-8-20(16)29-24-18-13-23(32-12-6-11-27-17-9-10-17)22(31-2)14-21(18)28-15-19(24)25(26)30;2*3-2(4,5)1(6)7/h4-5,7-8,13-15,17,27H,3,6,9-12H2,1-2H3,(H2,26,30)(H,28,29);2*(H,6,7). The number of carboxylic acids is 2. The molecule has 1 amide bonds. The van der Waals surface area contributed by atoms with Gasteiger partial charge in [-0.2, -0.15) is 26.3 Å². The number of carboxylic acid groups (broad SMARTS) is 2. The highest BCUT2D eigenvalue weighted by atomic mass is 19.4. The third kappa shape index (κ3) is 11.6. The molecule has 1 heterocycles. The Morgan fingerprint density at radius 1 is 1.00 bits per heavy atom. The van der Waals surface area contributed by atoms with Gasteiger partial charge in [-0.25, -0.2) is 9.59 Å². The highest BCUT2D eigenvalue weighted by Crippen LogP contribution is 2.38. The molecule has 1 aliphatic rings. The first-order valence-corrected chi connectivity index (χ1v) is 13.6. The van der Waals surface area contributed by atoms with Crippen molar-refractivity contribution in [2.45, 2.75) is 51.0 Å². The molecule has 11 nitrogen and oxygen atoms in total. The van der Waals surface area contributed by atoms with Gasteiger partial charge in [-0.15, -0.1) is 0 Å². The number of para-hydroxylation sites is 1. The summed E-state index contributed by atoms with van der Waals surface area (Å²) in [4.78, 5) is 34.4. The Morgan fingerprint density at radius 3 is 2.09 bits per heavy atom. The summed E-state index contributed by atoms with van der Waals surface area (Å²) in [5, 5.41) is 21.9. The van der Waals surface area contributed by atoms with Crippen LogP contribution >= 0.6 is 0 Å². The number of methoxy groups -OCH3 is 1. The van der Waals surface area contributed by atoms with Crippen molar-refractivity contribution in [3.05, 3.63) is 53.7 Å². The van der Waals surface area contributed by atoms with Crippen LogP contribution in [-0.4, -0.2) is 71.7 Å². The number of primary amides is 1. The second kappa shape index (κ2) is 16.5. The molecule has 17 heteroatoms. The number of alkyl halides is 6. The minimum absolute atomic E-state index is 0.327. The fourth-order valence-corrected chi connectivity index (χ4v) is 3.73. The lowest BCUT2D eigenvalue weighted by Gasteiger charge is -2.17. The Labute approximate surface area is 258 Å². The molecule has 252 valence electrons. The number of anilines is 2. The molecule has 1 saturated carbocycles. The maximum absolute atomic E-state index is 12.2. The normalized spacial score (nSPS) is 12.6. The molecule has 1 aromatic heterocycles. The quantitative estimate of drug-likeness (QED) is 0.132. The molecule has 0 aliphatic heterocycles. The number of pyridine rings is 1. The zero-order valence-corrected chi connectivity index (χ0v) is 24.6. The van der Waals surface area contributed by atoms with Gasteiger partial charge in [-0.1, -0.05) is 25.1 Å². The van der Waals surface area contributed by atoms with Crippen LogP contribution in [0, 0.1) is 0 Å². The number of nitrogens with one attached hydrogen (secondary N) is 2. The number of carbonyl (C=O) groups excluding carboxylic acids is 1. The van der Waals surface area contributed by atoms with Crippen LogP contribution in [0.15, 0.2) is 42.6 Å². The number of amides is 1. The van der Waals surface area contributed by atoms with Gasteiger partial charge in [0, 0.05) is 29.4 Å².